The molecule has 0 N–H and O–H groups in total. The van der Waals surface area contributed by atoms with Crippen molar-refractivity contribution in [3.8, 4) is 45.3 Å². The van der Waals surface area contributed by atoms with Gasteiger partial charge < -0.3 is 8.83 Å². The Balaban J connectivity index is 1.18. The van der Waals surface area contributed by atoms with E-state index < -0.39 is 0 Å². The summed E-state index contributed by atoms with van der Waals surface area (Å²) in [5.74, 6) is 1.77. The number of hydrogen-bond acceptors (Lipinski definition) is 5. The molecule has 0 atom stereocenters. The maximum Gasteiger partial charge on any atom is 0.164 e. The van der Waals surface area contributed by atoms with E-state index in [9.17, 15) is 0 Å². The molecule has 260 valence electrons. The number of fused-ring (bicyclic) bond motifs is 10. The Morgan fingerprint density at radius 2 is 0.821 bits per heavy atom. The van der Waals surface area contributed by atoms with Crippen LogP contribution in [-0.2, 0) is 0 Å². The predicted molar refractivity (Wildman–Crippen MR) is 229 cm³/mol. The maximum atomic E-state index is 6.68. The van der Waals surface area contributed by atoms with Crippen molar-refractivity contribution in [3.05, 3.63) is 176 Å². The molecule has 0 saturated carbocycles. The van der Waals surface area contributed by atoms with Crippen LogP contribution in [-0.4, -0.2) is 15.0 Å². The van der Waals surface area contributed by atoms with Crippen LogP contribution in [0.4, 0.5) is 0 Å². The smallest absolute Gasteiger partial charge is 0.164 e. The molecule has 0 radical (unpaired) electrons. The number of furan rings is 2. The van der Waals surface area contributed by atoms with Crippen LogP contribution in [0.3, 0.4) is 0 Å². The third kappa shape index (κ3) is 4.78. The van der Waals surface area contributed by atoms with Crippen molar-refractivity contribution in [3.63, 3.8) is 0 Å². The Morgan fingerprint density at radius 1 is 0.304 bits per heavy atom. The Labute approximate surface area is 320 Å². The first-order chi connectivity index (χ1) is 27.7. The van der Waals surface area contributed by atoms with E-state index in [2.05, 4.69) is 146 Å². The van der Waals surface area contributed by atoms with E-state index in [4.69, 9.17) is 23.8 Å². The summed E-state index contributed by atoms with van der Waals surface area (Å²) >= 11 is 0. The highest BCUT2D eigenvalue weighted by molar-refractivity contribution is 6.22. The highest BCUT2D eigenvalue weighted by Crippen LogP contribution is 2.45. The fourth-order valence-corrected chi connectivity index (χ4v) is 8.39. The van der Waals surface area contributed by atoms with Crippen molar-refractivity contribution in [2.45, 2.75) is 0 Å². The lowest BCUT2D eigenvalue weighted by atomic mass is 9.93. The van der Waals surface area contributed by atoms with E-state index >= 15 is 0 Å². The van der Waals surface area contributed by atoms with Crippen LogP contribution < -0.4 is 0 Å². The second-order valence-electron chi connectivity index (χ2n) is 14.4. The van der Waals surface area contributed by atoms with Gasteiger partial charge >= 0.3 is 0 Å². The first kappa shape index (κ1) is 30.8. The van der Waals surface area contributed by atoms with Crippen LogP contribution in [0.1, 0.15) is 0 Å². The van der Waals surface area contributed by atoms with E-state index in [0.717, 1.165) is 104 Å². The molecular weight excluding hydrogens is 687 g/mol. The molecule has 9 aromatic carbocycles. The standard InChI is InChI=1S/C51H29N3O2/c1-3-13-32-25-35(23-21-30(32)11-1)49-52-50(36-24-22-31-12-2-4-14-33(31)26-36)54-51(53-49)42-28-37(29-45-46(42)39-17-7-9-19-43(39)55-45)41-27-34-15-5-6-16-38(34)48-47(41)40-18-8-10-20-44(40)56-48/h1-29H. The molecule has 12 aromatic rings. The van der Waals surface area contributed by atoms with Crippen LogP contribution in [0.25, 0.3) is 121 Å². The monoisotopic (exact) mass is 715 g/mol. The molecule has 0 spiro atoms. The van der Waals surface area contributed by atoms with Crippen molar-refractivity contribution < 1.29 is 8.83 Å². The topological polar surface area (TPSA) is 65.0 Å². The van der Waals surface area contributed by atoms with Gasteiger partial charge in [-0.2, -0.15) is 0 Å². The van der Waals surface area contributed by atoms with Gasteiger partial charge in [-0.15, -0.1) is 0 Å². The molecule has 0 aliphatic heterocycles. The van der Waals surface area contributed by atoms with Crippen LogP contribution in [0.15, 0.2) is 185 Å². The van der Waals surface area contributed by atoms with Crippen molar-refractivity contribution in [1.29, 1.82) is 0 Å². The first-order valence-electron chi connectivity index (χ1n) is 18.8. The van der Waals surface area contributed by atoms with Crippen LogP contribution in [0, 0.1) is 0 Å². The van der Waals surface area contributed by atoms with E-state index in [0.29, 0.717) is 17.5 Å². The Morgan fingerprint density at radius 3 is 1.48 bits per heavy atom. The zero-order valence-electron chi connectivity index (χ0n) is 29.9. The summed E-state index contributed by atoms with van der Waals surface area (Å²) in [5, 5.41) is 10.8. The molecule has 3 aromatic heterocycles. The summed E-state index contributed by atoms with van der Waals surface area (Å²) < 4.78 is 13.3. The molecule has 0 bridgehead atoms. The molecule has 12 rings (SSSR count). The van der Waals surface area contributed by atoms with Gasteiger partial charge in [-0.3, -0.25) is 0 Å². The number of rotatable bonds is 4. The van der Waals surface area contributed by atoms with E-state index in [-0.39, 0.29) is 0 Å². The zero-order valence-corrected chi connectivity index (χ0v) is 29.9. The van der Waals surface area contributed by atoms with Crippen LogP contribution in [0.5, 0.6) is 0 Å². The van der Waals surface area contributed by atoms with Crippen molar-refractivity contribution in [2.24, 2.45) is 0 Å². The van der Waals surface area contributed by atoms with Gasteiger partial charge in [-0.05, 0) is 80.5 Å². The molecule has 0 aliphatic rings. The van der Waals surface area contributed by atoms with Gasteiger partial charge in [0.05, 0.1) is 0 Å². The minimum atomic E-state index is 0.568. The number of para-hydroxylation sites is 2. The number of nitrogens with zero attached hydrogens (tertiary/aromatic N) is 3. The molecule has 56 heavy (non-hydrogen) atoms. The van der Waals surface area contributed by atoms with Gasteiger partial charge in [0.2, 0.25) is 0 Å². The molecule has 5 nitrogen and oxygen atoms in total. The van der Waals surface area contributed by atoms with Crippen LogP contribution in [0.2, 0.25) is 0 Å². The molecule has 3 heterocycles. The van der Waals surface area contributed by atoms with Gasteiger partial charge in [0.25, 0.3) is 0 Å². The fraction of sp³-hybridized carbons (Fsp3) is 0. The fourth-order valence-electron chi connectivity index (χ4n) is 8.39. The lowest BCUT2D eigenvalue weighted by molar-refractivity contribution is 0.669. The maximum absolute atomic E-state index is 6.68. The number of aromatic nitrogens is 3. The normalized spacial score (nSPS) is 11.9. The second kappa shape index (κ2) is 11.9. The van der Waals surface area contributed by atoms with E-state index in [1.165, 1.54) is 0 Å². The molecule has 5 heteroatoms. The van der Waals surface area contributed by atoms with Gasteiger partial charge in [0.1, 0.15) is 22.3 Å². The molecule has 0 saturated heterocycles. The van der Waals surface area contributed by atoms with E-state index in [1.54, 1.807) is 0 Å². The van der Waals surface area contributed by atoms with Crippen molar-refractivity contribution in [1.82, 2.24) is 15.0 Å². The molecular formula is C51H29N3O2. The van der Waals surface area contributed by atoms with Gasteiger partial charge in [-0.1, -0.05) is 133 Å². The summed E-state index contributed by atoms with van der Waals surface area (Å²) in [7, 11) is 0. The minimum Gasteiger partial charge on any atom is -0.456 e. The van der Waals surface area contributed by atoms with Gasteiger partial charge in [0.15, 0.2) is 17.5 Å². The summed E-state index contributed by atoms with van der Waals surface area (Å²) in [6.45, 7) is 0. The second-order valence-corrected chi connectivity index (χ2v) is 14.4. The summed E-state index contributed by atoms with van der Waals surface area (Å²) in [6.07, 6.45) is 0. The van der Waals surface area contributed by atoms with Crippen molar-refractivity contribution >= 4 is 76.2 Å². The van der Waals surface area contributed by atoms with Crippen LogP contribution >= 0.6 is 0 Å². The highest BCUT2D eigenvalue weighted by Gasteiger charge is 2.22. The molecule has 0 aliphatic carbocycles. The van der Waals surface area contributed by atoms with Gasteiger partial charge in [-0.25, -0.2) is 15.0 Å². The third-order valence-corrected chi connectivity index (χ3v) is 11.1. The minimum absolute atomic E-state index is 0.568. The largest absolute Gasteiger partial charge is 0.456 e. The number of hydrogen-bond donors (Lipinski definition) is 0. The average molecular weight is 716 g/mol. The van der Waals surface area contributed by atoms with E-state index in [1.807, 2.05) is 30.3 Å². The Bertz CT molecular complexity index is 3460. The summed E-state index contributed by atoms with van der Waals surface area (Å²) in [4.78, 5) is 15.8. The summed E-state index contributed by atoms with van der Waals surface area (Å²) in [6, 6.07) is 61.0. The van der Waals surface area contributed by atoms with Gasteiger partial charge in [0, 0.05) is 43.6 Å². The van der Waals surface area contributed by atoms with Crippen molar-refractivity contribution in [2.75, 3.05) is 0 Å². The zero-order chi connectivity index (χ0) is 36.7. The lowest BCUT2D eigenvalue weighted by Gasteiger charge is -2.13. The third-order valence-electron chi connectivity index (χ3n) is 11.1. The average Bonchev–Trinajstić information content (AvgIpc) is 3.84. The quantitative estimate of drug-likeness (QED) is 0.181. The Kier molecular flexibility index (Phi) is 6.56. The highest BCUT2D eigenvalue weighted by atomic mass is 16.3. The Hall–Kier alpha value is -7.63. The lowest BCUT2D eigenvalue weighted by Crippen LogP contribution is -2.01. The predicted octanol–water partition coefficient (Wildman–Crippen LogP) is 13.8. The molecule has 0 fully saturated rings. The SMILES string of the molecule is c1ccc2cc(-c3nc(-c4ccc5ccccc5c4)nc(-c4cc(-c5cc6ccccc6c6oc7ccccc7c56)cc5oc6ccccc6c45)n3)ccc2c1. The molecule has 0 amide bonds. The first-order valence-corrected chi connectivity index (χ1v) is 18.8. The molecule has 0 unspecified atom stereocenters. The summed E-state index contributed by atoms with van der Waals surface area (Å²) in [5.41, 5.74) is 8.00. The number of benzene rings is 9.